The molecule has 0 bridgehead atoms. The molecule has 4 heteroatoms. The van der Waals surface area contributed by atoms with Gasteiger partial charge in [-0.25, -0.2) is 0 Å². The number of aryl methyl sites for hydroxylation is 1. The molecule has 2 N–H and O–H groups in total. The molecule has 0 atom stereocenters. The number of carbonyl (C=O) groups excluding carboxylic acids is 1. The Balaban J connectivity index is 2.95. The first kappa shape index (κ1) is 11.8. The van der Waals surface area contributed by atoms with Crippen molar-refractivity contribution in [2.75, 3.05) is 14.1 Å². The van der Waals surface area contributed by atoms with Gasteiger partial charge in [0.25, 0.3) is 0 Å². The monoisotopic (exact) mass is 209 g/mol. The van der Waals surface area contributed by atoms with E-state index in [0.717, 1.165) is 17.0 Å². The minimum Gasteiger partial charge on any atom is -0.347 e. The second-order valence-electron chi connectivity index (χ2n) is 3.97. The van der Waals surface area contributed by atoms with Crippen LogP contribution in [-0.2, 0) is 17.9 Å². The molecule has 84 valence electrons. The van der Waals surface area contributed by atoms with Crippen LogP contribution in [0, 0.1) is 13.8 Å². The average Bonchev–Trinajstić information content (AvgIpc) is 2.44. The summed E-state index contributed by atoms with van der Waals surface area (Å²) in [6, 6.07) is 2.04. The van der Waals surface area contributed by atoms with Gasteiger partial charge in [-0.2, -0.15) is 0 Å². The highest BCUT2D eigenvalue weighted by Gasteiger charge is 2.11. The zero-order valence-corrected chi connectivity index (χ0v) is 9.87. The highest BCUT2D eigenvalue weighted by atomic mass is 16.2. The molecular formula is C11H19N3O. The number of rotatable bonds is 3. The molecule has 1 aromatic rings. The standard InChI is InChI=1S/C11H19N3O/c1-8-5-10(6-12)9(2)14(8)7-11(15)13(3)4/h5H,6-7,12H2,1-4H3. The molecule has 1 heterocycles. The highest BCUT2D eigenvalue weighted by Crippen LogP contribution is 2.14. The summed E-state index contributed by atoms with van der Waals surface area (Å²) in [5.74, 6) is 0.0976. The van der Waals surface area contributed by atoms with Gasteiger partial charge in [-0.3, -0.25) is 4.79 Å². The van der Waals surface area contributed by atoms with Crippen molar-refractivity contribution in [3.8, 4) is 0 Å². The maximum Gasteiger partial charge on any atom is 0.241 e. The van der Waals surface area contributed by atoms with E-state index in [0.29, 0.717) is 13.1 Å². The predicted molar refractivity (Wildman–Crippen MR) is 60.5 cm³/mol. The number of nitrogens with zero attached hydrogens (tertiary/aromatic N) is 2. The average molecular weight is 209 g/mol. The van der Waals surface area contributed by atoms with Gasteiger partial charge in [0.05, 0.1) is 0 Å². The Labute approximate surface area is 90.7 Å². The van der Waals surface area contributed by atoms with Gasteiger partial charge in [0.15, 0.2) is 0 Å². The van der Waals surface area contributed by atoms with Gasteiger partial charge in [0, 0.05) is 32.0 Å². The van der Waals surface area contributed by atoms with Crippen LogP contribution in [0.3, 0.4) is 0 Å². The van der Waals surface area contributed by atoms with E-state index in [1.54, 1.807) is 19.0 Å². The van der Waals surface area contributed by atoms with Gasteiger partial charge in [-0.15, -0.1) is 0 Å². The summed E-state index contributed by atoms with van der Waals surface area (Å²) >= 11 is 0. The van der Waals surface area contributed by atoms with Gasteiger partial charge in [-0.1, -0.05) is 0 Å². The van der Waals surface area contributed by atoms with Crippen LogP contribution in [0.2, 0.25) is 0 Å². The normalized spacial score (nSPS) is 10.5. The minimum atomic E-state index is 0.0976. The summed E-state index contributed by atoms with van der Waals surface area (Å²) in [4.78, 5) is 13.2. The molecule has 1 aromatic heterocycles. The summed E-state index contributed by atoms with van der Waals surface area (Å²) in [7, 11) is 3.53. The lowest BCUT2D eigenvalue weighted by Crippen LogP contribution is -2.27. The predicted octanol–water partition coefficient (Wildman–Crippen LogP) is 0.652. The molecule has 1 amide bonds. The fraction of sp³-hybridized carbons (Fsp3) is 0.545. The van der Waals surface area contributed by atoms with Crippen LogP contribution >= 0.6 is 0 Å². The lowest BCUT2D eigenvalue weighted by Gasteiger charge is -2.13. The van der Waals surface area contributed by atoms with Crippen molar-refractivity contribution in [1.82, 2.24) is 9.47 Å². The minimum absolute atomic E-state index is 0.0976. The Bertz CT molecular complexity index is 366. The second-order valence-corrected chi connectivity index (χ2v) is 3.97. The molecule has 0 aliphatic heterocycles. The Morgan fingerprint density at radius 2 is 2.07 bits per heavy atom. The number of hydrogen-bond acceptors (Lipinski definition) is 2. The Morgan fingerprint density at radius 3 is 2.47 bits per heavy atom. The zero-order valence-electron chi connectivity index (χ0n) is 9.87. The molecule has 1 rings (SSSR count). The number of aromatic nitrogens is 1. The van der Waals surface area contributed by atoms with Crippen LogP contribution in [0.25, 0.3) is 0 Å². The van der Waals surface area contributed by atoms with Crippen LogP contribution in [0.5, 0.6) is 0 Å². The lowest BCUT2D eigenvalue weighted by molar-refractivity contribution is -0.129. The molecule has 0 spiro atoms. The molecule has 0 unspecified atom stereocenters. The Hall–Kier alpha value is -1.29. The third-order valence-corrected chi connectivity index (χ3v) is 2.69. The van der Waals surface area contributed by atoms with Gasteiger partial charge < -0.3 is 15.2 Å². The largest absolute Gasteiger partial charge is 0.347 e. The van der Waals surface area contributed by atoms with E-state index in [9.17, 15) is 4.79 Å². The molecule has 0 radical (unpaired) electrons. The first-order valence-electron chi connectivity index (χ1n) is 5.03. The van der Waals surface area contributed by atoms with E-state index in [4.69, 9.17) is 5.73 Å². The van der Waals surface area contributed by atoms with E-state index in [1.165, 1.54) is 0 Å². The summed E-state index contributed by atoms with van der Waals surface area (Å²) in [5.41, 5.74) is 8.90. The van der Waals surface area contributed by atoms with Crippen LogP contribution in [0.1, 0.15) is 17.0 Å². The topological polar surface area (TPSA) is 51.3 Å². The number of likely N-dealkylation sites (N-methyl/N-ethyl adjacent to an activating group) is 1. The fourth-order valence-corrected chi connectivity index (χ4v) is 1.60. The number of carbonyl (C=O) groups is 1. The highest BCUT2D eigenvalue weighted by molar-refractivity contribution is 5.75. The van der Waals surface area contributed by atoms with Crippen molar-refractivity contribution in [3.05, 3.63) is 23.0 Å². The van der Waals surface area contributed by atoms with E-state index in [1.807, 2.05) is 24.5 Å². The zero-order chi connectivity index (χ0) is 11.6. The quantitative estimate of drug-likeness (QED) is 0.794. The molecule has 0 fully saturated rings. The third-order valence-electron chi connectivity index (χ3n) is 2.69. The Morgan fingerprint density at radius 1 is 1.47 bits per heavy atom. The molecule has 4 nitrogen and oxygen atoms in total. The molecular weight excluding hydrogens is 190 g/mol. The van der Waals surface area contributed by atoms with Crippen LogP contribution in [-0.4, -0.2) is 29.5 Å². The molecule has 15 heavy (non-hydrogen) atoms. The lowest BCUT2D eigenvalue weighted by atomic mass is 10.2. The van der Waals surface area contributed by atoms with E-state index < -0.39 is 0 Å². The third kappa shape index (κ3) is 2.39. The fourth-order valence-electron chi connectivity index (χ4n) is 1.60. The van der Waals surface area contributed by atoms with Crippen molar-refractivity contribution in [1.29, 1.82) is 0 Å². The molecule has 0 aromatic carbocycles. The van der Waals surface area contributed by atoms with E-state index >= 15 is 0 Å². The molecule has 0 aliphatic carbocycles. The number of nitrogens with two attached hydrogens (primary N) is 1. The van der Waals surface area contributed by atoms with Gasteiger partial charge in [-0.05, 0) is 25.5 Å². The SMILES string of the molecule is Cc1cc(CN)c(C)n1CC(=O)N(C)C. The number of hydrogen-bond donors (Lipinski definition) is 1. The summed E-state index contributed by atoms with van der Waals surface area (Å²) in [5, 5.41) is 0. The Kier molecular flexibility index (Phi) is 3.52. The second kappa shape index (κ2) is 4.49. The van der Waals surface area contributed by atoms with E-state index in [-0.39, 0.29) is 5.91 Å². The first-order valence-corrected chi connectivity index (χ1v) is 5.03. The van der Waals surface area contributed by atoms with Crippen LogP contribution < -0.4 is 5.73 Å². The van der Waals surface area contributed by atoms with E-state index in [2.05, 4.69) is 0 Å². The van der Waals surface area contributed by atoms with Crippen molar-refractivity contribution < 1.29 is 4.79 Å². The maximum atomic E-state index is 11.6. The van der Waals surface area contributed by atoms with Gasteiger partial charge in [0.1, 0.15) is 6.54 Å². The molecule has 0 aliphatic rings. The maximum absolute atomic E-state index is 11.6. The smallest absolute Gasteiger partial charge is 0.241 e. The van der Waals surface area contributed by atoms with Crippen molar-refractivity contribution in [2.24, 2.45) is 5.73 Å². The van der Waals surface area contributed by atoms with Crippen LogP contribution in [0.4, 0.5) is 0 Å². The summed E-state index contributed by atoms with van der Waals surface area (Å²) < 4.78 is 2.00. The van der Waals surface area contributed by atoms with Gasteiger partial charge in [0.2, 0.25) is 5.91 Å². The van der Waals surface area contributed by atoms with Crippen molar-refractivity contribution in [2.45, 2.75) is 26.9 Å². The molecule has 0 saturated carbocycles. The van der Waals surface area contributed by atoms with Crippen molar-refractivity contribution >= 4 is 5.91 Å². The van der Waals surface area contributed by atoms with Crippen LogP contribution in [0.15, 0.2) is 6.07 Å². The number of amides is 1. The van der Waals surface area contributed by atoms with Gasteiger partial charge >= 0.3 is 0 Å². The summed E-state index contributed by atoms with van der Waals surface area (Å²) in [6.45, 7) is 4.91. The molecule has 0 saturated heterocycles. The summed E-state index contributed by atoms with van der Waals surface area (Å²) in [6.07, 6.45) is 0. The first-order chi connectivity index (χ1) is 6.97. The van der Waals surface area contributed by atoms with Crippen molar-refractivity contribution in [3.63, 3.8) is 0 Å².